The predicted molar refractivity (Wildman–Crippen MR) is 152 cm³/mol. The van der Waals surface area contributed by atoms with E-state index in [1.165, 1.54) is 36.7 Å². The highest BCUT2D eigenvalue weighted by atomic mass is 19.4. The summed E-state index contributed by atoms with van der Waals surface area (Å²) in [5.74, 6) is 0.377. The van der Waals surface area contributed by atoms with Crippen molar-refractivity contribution >= 4 is 33.7 Å². The molecule has 3 aromatic heterocycles. The van der Waals surface area contributed by atoms with E-state index < -0.39 is 22.2 Å². The van der Waals surface area contributed by atoms with Crippen LogP contribution in [0.25, 0.3) is 39.0 Å². The topological polar surface area (TPSA) is 108 Å². The summed E-state index contributed by atoms with van der Waals surface area (Å²) in [7, 11) is 0. The number of rotatable bonds is 5. The van der Waals surface area contributed by atoms with Crippen molar-refractivity contribution in [3.63, 3.8) is 0 Å². The van der Waals surface area contributed by atoms with Gasteiger partial charge in [0.25, 0.3) is 11.2 Å². The summed E-state index contributed by atoms with van der Waals surface area (Å²) in [5, 5.41) is 16.6. The van der Waals surface area contributed by atoms with E-state index in [-0.39, 0.29) is 22.5 Å². The molecule has 0 atom stereocenters. The van der Waals surface area contributed by atoms with Crippen LogP contribution in [0.5, 0.6) is 0 Å². The van der Waals surface area contributed by atoms with Gasteiger partial charge in [0.05, 0.1) is 33.1 Å². The molecule has 0 aliphatic carbocycles. The molecular weight excluding hydrogens is 549 g/mol. The largest absolute Gasteiger partial charge is 0.416 e. The fraction of sp³-hybridized carbons (Fsp3) is 0.0667. The van der Waals surface area contributed by atoms with E-state index in [1.807, 2.05) is 24.3 Å². The molecule has 12 heteroatoms. The summed E-state index contributed by atoms with van der Waals surface area (Å²) in [4.78, 5) is 33.0. The maximum atomic E-state index is 13.6. The SMILES string of the molecule is Cc1c(C=Nn2c(-c3cccc(C(F)(F)F)c3)nc3ccccc3c2=O)c2ccccc2n1-c1ccc([N+](=O)[O-])cn1. The smallest absolute Gasteiger partial charge is 0.298 e. The van der Waals surface area contributed by atoms with Crippen LogP contribution in [0.3, 0.4) is 0 Å². The van der Waals surface area contributed by atoms with Gasteiger partial charge in [-0.1, -0.05) is 42.5 Å². The molecule has 42 heavy (non-hydrogen) atoms. The third-order valence-electron chi connectivity index (χ3n) is 6.84. The van der Waals surface area contributed by atoms with Gasteiger partial charge in [0, 0.05) is 28.3 Å². The highest BCUT2D eigenvalue weighted by molar-refractivity contribution is 6.02. The van der Waals surface area contributed by atoms with E-state index in [0.29, 0.717) is 22.6 Å². The predicted octanol–water partition coefficient (Wildman–Crippen LogP) is 6.52. The van der Waals surface area contributed by atoms with Crippen molar-refractivity contribution in [2.75, 3.05) is 0 Å². The van der Waals surface area contributed by atoms with Crippen molar-refractivity contribution in [1.82, 2.24) is 19.2 Å². The van der Waals surface area contributed by atoms with Gasteiger partial charge in [-0.25, -0.2) is 9.97 Å². The second-order valence-corrected chi connectivity index (χ2v) is 9.38. The number of hydrogen-bond donors (Lipinski definition) is 0. The van der Waals surface area contributed by atoms with Gasteiger partial charge in [-0.3, -0.25) is 19.5 Å². The molecule has 0 aliphatic heterocycles. The van der Waals surface area contributed by atoms with Gasteiger partial charge in [-0.05, 0) is 43.3 Å². The standard InChI is InChI=1S/C30H19F3N6O3/c1-18-24(22-9-3-5-12-26(22)37(18)27-14-13-21(16-34-27)39(41)42)17-35-38-28(19-7-6-8-20(15-19)30(31,32)33)36-25-11-4-2-10-23(25)29(38)40/h2-17H,1H3. The summed E-state index contributed by atoms with van der Waals surface area (Å²) in [5.41, 5.74) is 0.817. The van der Waals surface area contributed by atoms with Crippen molar-refractivity contribution < 1.29 is 18.1 Å². The Morgan fingerprint density at radius 2 is 1.69 bits per heavy atom. The Hall–Kier alpha value is -5.65. The van der Waals surface area contributed by atoms with Gasteiger partial charge >= 0.3 is 6.18 Å². The lowest BCUT2D eigenvalue weighted by Gasteiger charge is -2.12. The van der Waals surface area contributed by atoms with Gasteiger partial charge in [-0.2, -0.15) is 22.9 Å². The van der Waals surface area contributed by atoms with Gasteiger partial charge in [0.15, 0.2) is 5.82 Å². The summed E-state index contributed by atoms with van der Waals surface area (Å²) in [6.07, 6.45) is -1.97. The minimum absolute atomic E-state index is 0.0560. The molecule has 0 spiro atoms. The van der Waals surface area contributed by atoms with Gasteiger partial charge in [-0.15, -0.1) is 0 Å². The first-order chi connectivity index (χ1) is 20.1. The molecule has 0 saturated heterocycles. The lowest BCUT2D eigenvalue weighted by atomic mass is 10.1. The number of nitrogens with zero attached hydrogens (tertiary/aromatic N) is 6. The third kappa shape index (κ3) is 4.58. The lowest BCUT2D eigenvalue weighted by Crippen LogP contribution is -2.20. The molecule has 0 N–H and O–H groups in total. The Morgan fingerprint density at radius 1 is 0.952 bits per heavy atom. The number of alkyl halides is 3. The Labute approximate surface area is 235 Å². The highest BCUT2D eigenvalue weighted by Gasteiger charge is 2.31. The van der Waals surface area contributed by atoms with Gasteiger partial charge < -0.3 is 0 Å². The van der Waals surface area contributed by atoms with Gasteiger partial charge in [0.1, 0.15) is 12.0 Å². The first-order valence-corrected chi connectivity index (χ1v) is 12.6. The summed E-state index contributed by atoms with van der Waals surface area (Å²) in [6, 6.07) is 21.3. The van der Waals surface area contributed by atoms with Gasteiger partial charge in [0.2, 0.25) is 0 Å². The highest BCUT2D eigenvalue weighted by Crippen LogP contribution is 2.32. The van der Waals surface area contributed by atoms with Crippen LogP contribution < -0.4 is 5.56 Å². The molecule has 0 saturated carbocycles. The minimum atomic E-state index is -4.59. The number of hydrogen-bond acceptors (Lipinski definition) is 6. The van der Waals surface area contributed by atoms with Crippen molar-refractivity contribution in [3.8, 4) is 17.2 Å². The molecule has 0 aliphatic rings. The van der Waals surface area contributed by atoms with Crippen molar-refractivity contribution in [1.29, 1.82) is 0 Å². The van der Waals surface area contributed by atoms with E-state index in [9.17, 15) is 28.1 Å². The monoisotopic (exact) mass is 568 g/mol. The molecule has 3 aromatic carbocycles. The quantitative estimate of drug-likeness (QED) is 0.134. The van der Waals surface area contributed by atoms with Crippen molar-refractivity contribution in [2.45, 2.75) is 13.1 Å². The Morgan fingerprint density at radius 3 is 2.40 bits per heavy atom. The van der Waals surface area contributed by atoms with Crippen LogP contribution in [0.1, 0.15) is 16.8 Å². The zero-order chi connectivity index (χ0) is 29.6. The normalized spacial score (nSPS) is 12.0. The molecule has 0 unspecified atom stereocenters. The van der Waals surface area contributed by atoms with E-state index in [1.54, 1.807) is 35.8 Å². The summed E-state index contributed by atoms with van der Waals surface area (Å²) in [6.45, 7) is 1.81. The van der Waals surface area contributed by atoms with Crippen LogP contribution in [0.2, 0.25) is 0 Å². The maximum absolute atomic E-state index is 13.6. The third-order valence-corrected chi connectivity index (χ3v) is 6.84. The number of benzene rings is 3. The second kappa shape index (κ2) is 10.1. The van der Waals surface area contributed by atoms with E-state index in [0.717, 1.165) is 27.7 Å². The number of nitro groups is 1. The molecule has 0 fully saturated rings. The zero-order valence-electron chi connectivity index (χ0n) is 21.8. The van der Waals surface area contributed by atoms with Crippen LogP contribution in [-0.4, -0.2) is 30.3 Å². The van der Waals surface area contributed by atoms with E-state index in [4.69, 9.17) is 0 Å². The average Bonchev–Trinajstić information content (AvgIpc) is 3.27. The van der Waals surface area contributed by atoms with E-state index >= 15 is 0 Å². The lowest BCUT2D eigenvalue weighted by molar-refractivity contribution is -0.385. The molecule has 3 heterocycles. The van der Waals surface area contributed by atoms with Crippen molar-refractivity contribution in [3.05, 3.63) is 128 Å². The first kappa shape index (κ1) is 26.6. The molecule has 0 bridgehead atoms. The van der Waals surface area contributed by atoms with Crippen LogP contribution in [0, 0.1) is 17.0 Å². The van der Waals surface area contributed by atoms with Crippen molar-refractivity contribution in [2.24, 2.45) is 5.10 Å². The molecule has 6 aromatic rings. The van der Waals surface area contributed by atoms with E-state index in [2.05, 4.69) is 15.1 Å². The van der Waals surface area contributed by atoms with Crippen LogP contribution >= 0.6 is 0 Å². The number of halogens is 3. The van der Waals surface area contributed by atoms with Crippen LogP contribution in [0.4, 0.5) is 18.9 Å². The first-order valence-electron chi connectivity index (χ1n) is 12.6. The molecular formula is C30H19F3N6O3. The Kier molecular flexibility index (Phi) is 6.37. The number of fused-ring (bicyclic) bond motifs is 2. The molecule has 0 amide bonds. The van der Waals surface area contributed by atoms with Crippen LogP contribution in [-0.2, 0) is 6.18 Å². The molecule has 9 nitrogen and oxygen atoms in total. The number of aromatic nitrogens is 4. The number of para-hydroxylation sites is 2. The average molecular weight is 569 g/mol. The second-order valence-electron chi connectivity index (χ2n) is 9.38. The molecule has 0 radical (unpaired) electrons. The Balaban J connectivity index is 1.55. The molecule has 208 valence electrons. The Bertz CT molecular complexity index is 2100. The summed E-state index contributed by atoms with van der Waals surface area (Å²) < 4.78 is 43.4. The van der Waals surface area contributed by atoms with Crippen LogP contribution in [0.15, 0.2) is 101 Å². The number of pyridine rings is 1. The maximum Gasteiger partial charge on any atom is 0.416 e. The summed E-state index contributed by atoms with van der Waals surface area (Å²) >= 11 is 0. The zero-order valence-corrected chi connectivity index (χ0v) is 21.8. The fourth-order valence-corrected chi connectivity index (χ4v) is 4.84. The molecule has 6 rings (SSSR count). The minimum Gasteiger partial charge on any atom is -0.298 e. The fourth-order valence-electron chi connectivity index (χ4n) is 4.84.